The highest BCUT2D eigenvalue weighted by atomic mass is 35.5. The topological polar surface area (TPSA) is 72.2 Å². The normalized spacial score (nSPS) is 22.2. The minimum Gasteiger partial charge on any atom is -0.330 e. The predicted octanol–water partition coefficient (Wildman–Crippen LogP) is 2.66. The number of benzene rings is 1. The van der Waals surface area contributed by atoms with E-state index in [0.717, 1.165) is 25.7 Å². The van der Waals surface area contributed by atoms with Crippen LogP contribution in [0.5, 0.6) is 0 Å². The Morgan fingerprint density at radius 1 is 1.23 bits per heavy atom. The summed E-state index contributed by atoms with van der Waals surface area (Å²) in [6, 6.07) is 2.38. The van der Waals surface area contributed by atoms with Gasteiger partial charge in [0.2, 0.25) is 10.0 Å². The van der Waals surface area contributed by atoms with E-state index in [9.17, 15) is 12.8 Å². The van der Waals surface area contributed by atoms with E-state index < -0.39 is 15.8 Å². The second kappa shape index (κ2) is 7.73. The number of sulfonamides is 1. The molecule has 126 valence electrons. The minimum atomic E-state index is -3.65. The monoisotopic (exact) mass is 350 g/mol. The molecule has 2 atom stereocenters. The molecule has 1 aromatic rings. The van der Waals surface area contributed by atoms with Crippen molar-refractivity contribution < 1.29 is 12.8 Å². The van der Waals surface area contributed by atoms with E-state index in [4.69, 9.17) is 5.73 Å². The average molecular weight is 351 g/mol. The number of nitrogens with two attached hydrogens (primary N) is 1. The Kier molecular flexibility index (Phi) is 6.80. The van der Waals surface area contributed by atoms with Crippen LogP contribution in [0.4, 0.5) is 4.39 Å². The Hall–Kier alpha value is -0.690. The van der Waals surface area contributed by atoms with Crippen molar-refractivity contribution in [2.75, 3.05) is 6.54 Å². The lowest BCUT2D eigenvalue weighted by Gasteiger charge is -2.31. The van der Waals surface area contributed by atoms with Gasteiger partial charge in [-0.1, -0.05) is 12.8 Å². The fourth-order valence-corrected chi connectivity index (χ4v) is 5.02. The molecule has 0 amide bonds. The number of hydrogen-bond acceptors (Lipinski definition) is 3. The standard InChI is InChI=1S/C15H23FN2O2S.ClH/c1-10-7-13(16)8-11(2)15(10)21(19,20)18-14-6-4-3-5-12(14)9-17;/h7-8,12,14,18H,3-6,9,17H2,1-2H3;1H. The summed E-state index contributed by atoms with van der Waals surface area (Å²) in [5.74, 6) is -0.240. The summed E-state index contributed by atoms with van der Waals surface area (Å²) in [4.78, 5) is 0.185. The molecule has 22 heavy (non-hydrogen) atoms. The van der Waals surface area contributed by atoms with Gasteiger partial charge in [-0.3, -0.25) is 0 Å². The molecule has 2 unspecified atom stereocenters. The first kappa shape index (κ1) is 19.4. The Morgan fingerprint density at radius 3 is 2.32 bits per heavy atom. The van der Waals surface area contributed by atoms with Crippen molar-refractivity contribution in [2.45, 2.75) is 50.5 Å². The third kappa shape index (κ3) is 4.19. The van der Waals surface area contributed by atoms with Gasteiger partial charge in [0, 0.05) is 6.04 Å². The highest BCUT2D eigenvalue weighted by molar-refractivity contribution is 7.89. The van der Waals surface area contributed by atoms with Gasteiger partial charge < -0.3 is 5.73 Å². The molecule has 0 radical (unpaired) electrons. The van der Waals surface area contributed by atoms with E-state index in [1.165, 1.54) is 12.1 Å². The molecule has 1 aliphatic rings. The van der Waals surface area contributed by atoms with Gasteiger partial charge >= 0.3 is 0 Å². The van der Waals surface area contributed by atoms with Gasteiger partial charge in [0.1, 0.15) is 5.82 Å². The van der Waals surface area contributed by atoms with Crippen LogP contribution in [0.25, 0.3) is 0 Å². The molecule has 0 aromatic heterocycles. The number of halogens is 2. The fourth-order valence-electron chi connectivity index (χ4n) is 3.22. The Labute approximate surface area is 138 Å². The van der Waals surface area contributed by atoms with Crippen LogP contribution in [-0.4, -0.2) is 21.0 Å². The zero-order valence-corrected chi connectivity index (χ0v) is 14.6. The van der Waals surface area contributed by atoms with Crippen LogP contribution in [0.15, 0.2) is 17.0 Å². The van der Waals surface area contributed by atoms with E-state index in [2.05, 4.69) is 4.72 Å². The molecule has 0 heterocycles. The van der Waals surface area contributed by atoms with Crippen LogP contribution in [0.3, 0.4) is 0 Å². The molecule has 4 nitrogen and oxygen atoms in total. The second-order valence-corrected chi connectivity index (χ2v) is 7.53. The van der Waals surface area contributed by atoms with Gasteiger partial charge in [-0.05, 0) is 62.4 Å². The van der Waals surface area contributed by atoms with E-state index in [1.807, 2.05) is 0 Å². The molecule has 0 aliphatic heterocycles. The molecule has 2 rings (SSSR count). The highest BCUT2D eigenvalue weighted by Crippen LogP contribution is 2.27. The summed E-state index contributed by atoms with van der Waals surface area (Å²) in [6.07, 6.45) is 3.85. The number of rotatable bonds is 4. The molecular weight excluding hydrogens is 327 g/mol. The lowest BCUT2D eigenvalue weighted by atomic mass is 9.85. The predicted molar refractivity (Wildman–Crippen MR) is 88.2 cm³/mol. The highest BCUT2D eigenvalue weighted by Gasteiger charge is 2.30. The molecule has 1 saturated carbocycles. The van der Waals surface area contributed by atoms with Crippen LogP contribution in [-0.2, 0) is 10.0 Å². The molecule has 1 aromatic carbocycles. The van der Waals surface area contributed by atoms with Crippen LogP contribution in [0.1, 0.15) is 36.8 Å². The Morgan fingerprint density at radius 2 is 1.77 bits per heavy atom. The molecule has 0 bridgehead atoms. The van der Waals surface area contributed by atoms with E-state index in [1.54, 1.807) is 13.8 Å². The van der Waals surface area contributed by atoms with Crippen molar-refractivity contribution in [1.82, 2.24) is 4.72 Å². The van der Waals surface area contributed by atoms with Crippen molar-refractivity contribution >= 4 is 22.4 Å². The third-order valence-electron chi connectivity index (χ3n) is 4.21. The number of nitrogens with one attached hydrogen (secondary N) is 1. The third-order valence-corrected chi connectivity index (χ3v) is 6.01. The van der Waals surface area contributed by atoms with Gasteiger partial charge in [-0.25, -0.2) is 17.5 Å². The molecule has 7 heteroatoms. The van der Waals surface area contributed by atoms with Crippen molar-refractivity contribution in [1.29, 1.82) is 0 Å². The summed E-state index contributed by atoms with van der Waals surface area (Å²) >= 11 is 0. The van der Waals surface area contributed by atoms with Crippen molar-refractivity contribution in [3.63, 3.8) is 0 Å². The van der Waals surface area contributed by atoms with Gasteiger partial charge in [-0.15, -0.1) is 12.4 Å². The smallest absolute Gasteiger partial charge is 0.241 e. The van der Waals surface area contributed by atoms with Crippen molar-refractivity contribution in [3.8, 4) is 0 Å². The van der Waals surface area contributed by atoms with Crippen molar-refractivity contribution in [3.05, 3.63) is 29.1 Å². The molecule has 0 saturated heterocycles. The number of aryl methyl sites for hydroxylation is 2. The Bertz CT molecular complexity index is 599. The quantitative estimate of drug-likeness (QED) is 0.876. The molecular formula is C15H24ClFN2O2S. The zero-order chi connectivity index (χ0) is 15.6. The van der Waals surface area contributed by atoms with Gasteiger partial charge in [0.15, 0.2) is 0 Å². The summed E-state index contributed by atoms with van der Waals surface area (Å²) in [6.45, 7) is 3.71. The van der Waals surface area contributed by atoms with Crippen LogP contribution in [0, 0.1) is 25.6 Å². The lowest BCUT2D eigenvalue weighted by Crippen LogP contribution is -2.44. The zero-order valence-electron chi connectivity index (χ0n) is 12.9. The summed E-state index contributed by atoms with van der Waals surface area (Å²) in [5.41, 5.74) is 6.61. The Balaban J connectivity index is 0.00000242. The van der Waals surface area contributed by atoms with Gasteiger partial charge in [-0.2, -0.15) is 0 Å². The van der Waals surface area contributed by atoms with Crippen LogP contribution in [0.2, 0.25) is 0 Å². The first-order valence-corrected chi connectivity index (χ1v) is 8.82. The van der Waals surface area contributed by atoms with E-state index in [-0.39, 0.29) is 29.3 Å². The second-order valence-electron chi connectivity index (χ2n) is 5.88. The first-order valence-electron chi connectivity index (χ1n) is 7.34. The van der Waals surface area contributed by atoms with E-state index in [0.29, 0.717) is 17.7 Å². The van der Waals surface area contributed by atoms with Crippen LogP contribution >= 0.6 is 12.4 Å². The molecule has 1 aliphatic carbocycles. The fraction of sp³-hybridized carbons (Fsp3) is 0.600. The van der Waals surface area contributed by atoms with Crippen molar-refractivity contribution in [2.24, 2.45) is 11.7 Å². The lowest BCUT2D eigenvalue weighted by molar-refractivity contribution is 0.296. The first-order chi connectivity index (χ1) is 9.85. The minimum absolute atomic E-state index is 0. The number of hydrogen-bond donors (Lipinski definition) is 2. The van der Waals surface area contributed by atoms with E-state index >= 15 is 0 Å². The maximum Gasteiger partial charge on any atom is 0.241 e. The van der Waals surface area contributed by atoms with Gasteiger partial charge in [0.05, 0.1) is 4.90 Å². The average Bonchev–Trinajstić information content (AvgIpc) is 2.37. The summed E-state index contributed by atoms with van der Waals surface area (Å²) in [7, 11) is -3.65. The maximum absolute atomic E-state index is 13.3. The van der Waals surface area contributed by atoms with Crippen LogP contribution < -0.4 is 10.5 Å². The SMILES string of the molecule is Cc1cc(F)cc(C)c1S(=O)(=O)NC1CCCCC1CN.Cl. The molecule has 1 fully saturated rings. The largest absolute Gasteiger partial charge is 0.330 e. The van der Waals surface area contributed by atoms with Gasteiger partial charge in [0.25, 0.3) is 0 Å². The maximum atomic E-state index is 13.3. The molecule has 0 spiro atoms. The summed E-state index contributed by atoms with van der Waals surface area (Å²) < 4.78 is 41.4. The summed E-state index contributed by atoms with van der Waals surface area (Å²) in [5, 5.41) is 0. The molecule has 3 N–H and O–H groups in total.